The monoisotopic (exact) mass is 406 g/mol. The minimum atomic E-state index is -0.719. The Morgan fingerprint density at radius 1 is 1.40 bits per heavy atom. The molecule has 0 bridgehead atoms. The number of fused-ring (bicyclic) bond motifs is 1. The molecule has 0 fully saturated rings. The lowest BCUT2D eigenvalue weighted by Gasteiger charge is -2.35. The van der Waals surface area contributed by atoms with Crippen LogP contribution in [-0.4, -0.2) is 46.6 Å². The summed E-state index contributed by atoms with van der Waals surface area (Å²) in [4.78, 5) is 33.6. The summed E-state index contributed by atoms with van der Waals surface area (Å²) in [5.41, 5.74) is 2.81. The molecule has 2 amide bonds. The van der Waals surface area contributed by atoms with Crippen LogP contribution in [0.4, 0.5) is 4.79 Å². The number of amides is 2. The van der Waals surface area contributed by atoms with Gasteiger partial charge in [0.05, 0.1) is 19.1 Å². The minimum absolute atomic E-state index is 0.312. The van der Waals surface area contributed by atoms with Gasteiger partial charge >= 0.3 is 12.0 Å². The van der Waals surface area contributed by atoms with Crippen molar-refractivity contribution in [3.8, 4) is 0 Å². The van der Waals surface area contributed by atoms with Gasteiger partial charge in [0.2, 0.25) is 0 Å². The molecule has 0 spiro atoms. The van der Waals surface area contributed by atoms with Crippen molar-refractivity contribution in [2.45, 2.75) is 25.4 Å². The van der Waals surface area contributed by atoms with Crippen LogP contribution in [0.15, 0.2) is 35.1 Å². The van der Waals surface area contributed by atoms with Crippen molar-refractivity contribution in [3.05, 3.63) is 52.0 Å². The Hall–Kier alpha value is -2.35. The first-order valence-electron chi connectivity index (χ1n) is 7.94. The van der Waals surface area contributed by atoms with E-state index in [1.54, 1.807) is 18.2 Å². The number of urea groups is 1. The zero-order valence-corrected chi connectivity index (χ0v) is 15.5. The van der Waals surface area contributed by atoms with Gasteiger partial charge in [0.15, 0.2) is 0 Å². The highest BCUT2D eigenvalue weighted by atomic mass is 79.9. The zero-order chi connectivity index (χ0) is 18.0. The number of benzene rings is 1. The lowest BCUT2D eigenvalue weighted by atomic mass is 9.96. The standard InChI is InChI=1S/C17H19BrN4O3/c1-10(16(23)25-2)21-17(24)22-8-7-13-14(20-9-19-13)15(22)11-3-5-12(18)6-4-11/h3-6,9-10,15H,7-8H2,1-2H3,(H,19,20)(H,21,24)/t10-,15-/m0/s1. The van der Waals surface area contributed by atoms with Gasteiger partial charge < -0.3 is 19.9 Å². The molecule has 132 valence electrons. The molecule has 2 aromatic rings. The Labute approximate surface area is 153 Å². The third-order valence-corrected chi connectivity index (χ3v) is 4.79. The Morgan fingerprint density at radius 2 is 2.12 bits per heavy atom. The quantitative estimate of drug-likeness (QED) is 0.765. The lowest BCUT2D eigenvalue weighted by Crippen LogP contribution is -2.50. The maximum atomic E-state index is 12.8. The number of carbonyl (C=O) groups is 2. The van der Waals surface area contributed by atoms with Gasteiger partial charge in [-0.1, -0.05) is 28.1 Å². The fourth-order valence-electron chi connectivity index (χ4n) is 2.98. The number of aromatic nitrogens is 2. The van der Waals surface area contributed by atoms with Gasteiger partial charge in [-0.15, -0.1) is 0 Å². The molecule has 0 radical (unpaired) electrons. The molecule has 1 aliphatic rings. The normalized spacial score (nSPS) is 17.6. The molecule has 8 heteroatoms. The summed E-state index contributed by atoms with van der Waals surface area (Å²) in [5.74, 6) is -0.481. The number of rotatable bonds is 3. The summed E-state index contributed by atoms with van der Waals surface area (Å²) >= 11 is 3.43. The molecule has 1 aromatic heterocycles. The highest BCUT2D eigenvalue weighted by Crippen LogP contribution is 2.33. The molecule has 0 saturated carbocycles. The Kier molecular flexibility index (Phi) is 5.08. The number of hydrogen-bond donors (Lipinski definition) is 2. The summed E-state index contributed by atoms with van der Waals surface area (Å²) < 4.78 is 5.64. The van der Waals surface area contributed by atoms with E-state index >= 15 is 0 Å². The third kappa shape index (κ3) is 3.53. The second kappa shape index (κ2) is 7.26. The highest BCUT2D eigenvalue weighted by molar-refractivity contribution is 9.10. The van der Waals surface area contributed by atoms with Gasteiger partial charge in [0.1, 0.15) is 12.1 Å². The van der Waals surface area contributed by atoms with Crippen molar-refractivity contribution in [1.29, 1.82) is 0 Å². The highest BCUT2D eigenvalue weighted by Gasteiger charge is 2.35. The van der Waals surface area contributed by atoms with Crippen LogP contribution in [-0.2, 0) is 16.0 Å². The van der Waals surface area contributed by atoms with E-state index in [4.69, 9.17) is 0 Å². The van der Waals surface area contributed by atoms with E-state index in [-0.39, 0.29) is 12.1 Å². The van der Waals surface area contributed by atoms with Crippen LogP contribution in [0.25, 0.3) is 0 Å². The summed E-state index contributed by atoms with van der Waals surface area (Å²) in [6.07, 6.45) is 2.33. The molecule has 1 aliphatic heterocycles. The number of aromatic amines is 1. The average molecular weight is 407 g/mol. The first-order chi connectivity index (χ1) is 12.0. The third-order valence-electron chi connectivity index (χ3n) is 4.27. The van der Waals surface area contributed by atoms with E-state index in [0.717, 1.165) is 21.4 Å². The van der Waals surface area contributed by atoms with Gasteiger partial charge in [-0.05, 0) is 24.6 Å². The zero-order valence-electron chi connectivity index (χ0n) is 14.0. The van der Waals surface area contributed by atoms with Crippen LogP contribution in [0, 0.1) is 0 Å². The Balaban J connectivity index is 1.90. The van der Waals surface area contributed by atoms with Crippen LogP contribution in [0.5, 0.6) is 0 Å². The largest absolute Gasteiger partial charge is 0.467 e. The van der Waals surface area contributed by atoms with E-state index in [0.29, 0.717) is 13.0 Å². The molecule has 2 heterocycles. The van der Waals surface area contributed by atoms with Gasteiger partial charge in [0.25, 0.3) is 0 Å². The number of methoxy groups -OCH3 is 1. The Bertz CT molecular complexity index is 774. The molecule has 7 nitrogen and oxygen atoms in total. The van der Waals surface area contributed by atoms with Crippen molar-refractivity contribution in [2.75, 3.05) is 13.7 Å². The summed E-state index contributed by atoms with van der Waals surface area (Å²) in [6.45, 7) is 2.12. The van der Waals surface area contributed by atoms with Crippen molar-refractivity contribution in [1.82, 2.24) is 20.2 Å². The maximum Gasteiger partial charge on any atom is 0.328 e. The topological polar surface area (TPSA) is 87.3 Å². The SMILES string of the molecule is COC(=O)[C@H](C)NC(=O)N1CCc2[nH]cnc2[C@@H]1c1ccc(Br)cc1. The van der Waals surface area contributed by atoms with Gasteiger partial charge in [-0.3, -0.25) is 0 Å². The number of hydrogen-bond acceptors (Lipinski definition) is 4. The number of imidazole rings is 1. The van der Waals surface area contributed by atoms with E-state index < -0.39 is 12.0 Å². The first kappa shape index (κ1) is 17.5. The Morgan fingerprint density at radius 3 is 2.80 bits per heavy atom. The molecular formula is C17H19BrN4O3. The number of carbonyl (C=O) groups excluding carboxylic acids is 2. The fourth-order valence-corrected chi connectivity index (χ4v) is 3.25. The van der Waals surface area contributed by atoms with Gasteiger partial charge in [-0.2, -0.15) is 0 Å². The molecule has 1 aromatic carbocycles. The van der Waals surface area contributed by atoms with Crippen LogP contribution >= 0.6 is 15.9 Å². The maximum absolute atomic E-state index is 12.8. The number of halogens is 1. The molecular weight excluding hydrogens is 388 g/mol. The number of nitrogens with zero attached hydrogens (tertiary/aromatic N) is 2. The van der Waals surface area contributed by atoms with E-state index in [9.17, 15) is 9.59 Å². The minimum Gasteiger partial charge on any atom is -0.467 e. The summed E-state index contributed by atoms with van der Waals surface area (Å²) in [6, 6.07) is 6.44. The molecule has 0 unspecified atom stereocenters. The first-order valence-corrected chi connectivity index (χ1v) is 8.73. The van der Waals surface area contributed by atoms with E-state index in [2.05, 4.69) is 36.0 Å². The lowest BCUT2D eigenvalue weighted by molar-refractivity contribution is -0.142. The van der Waals surface area contributed by atoms with Crippen LogP contribution < -0.4 is 5.32 Å². The predicted molar refractivity (Wildman–Crippen MR) is 95.0 cm³/mol. The van der Waals surface area contributed by atoms with Crippen LogP contribution in [0.1, 0.15) is 29.9 Å². The van der Waals surface area contributed by atoms with Crippen molar-refractivity contribution in [2.24, 2.45) is 0 Å². The number of H-pyrrole nitrogens is 1. The average Bonchev–Trinajstić information content (AvgIpc) is 3.09. The molecule has 25 heavy (non-hydrogen) atoms. The molecule has 2 N–H and O–H groups in total. The van der Waals surface area contributed by atoms with E-state index in [1.807, 2.05) is 24.3 Å². The van der Waals surface area contributed by atoms with Crippen LogP contribution in [0.2, 0.25) is 0 Å². The number of esters is 1. The molecule has 3 rings (SSSR count). The van der Waals surface area contributed by atoms with E-state index in [1.165, 1.54) is 7.11 Å². The molecule has 2 atom stereocenters. The van der Waals surface area contributed by atoms with Crippen LogP contribution in [0.3, 0.4) is 0 Å². The second-order valence-electron chi connectivity index (χ2n) is 5.86. The summed E-state index contributed by atoms with van der Waals surface area (Å²) in [7, 11) is 1.30. The smallest absolute Gasteiger partial charge is 0.328 e. The predicted octanol–water partition coefficient (Wildman–Crippen LogP) is 2.39. The van der Waals surface area contributed by atoms with Gasteiger partial charge in [-0.25, -0.2) is 14.6 Å². The number of nitrogens with one attached hydrogen (secondary N) is 2. The summed E-state index contributed by atoms with van der Waals surface area (Å²) in [5, 5.41) is 2.70. The molecule has 0 aliphatic carbocycles. The molecule has 0 saturated heterocycles. The fraction of sp³-hybridized carbons (Fsp3) is 0.353. The van der Waals surface area contributed by atoms with Crippen molar-refractivity contribution < 1.29 is 14.3 Å². The second-order valence-corrected chi connectivity index (χ2v) is 6.77. The van der Waals surface area contributed by atoms with Gasteiger partial charge in [0, 0.05) is 23.1 Å². The number of ether oxygens (including phenoxy) is 1. The van der Waals surface area contributed by atoms with Crippen molar-refractivity contribution >= 4 is 27.9 Å². The van der Waals surface area contributed by atoms with Crippen molar-refractivity contribution in [3.63, 3.8) is 0 Å².